The number of alkyl halides is 2. The molecular formula is C12H22F2O5. The SMILES string of the molecule is CCCOC(OCCC)(OCCC)OC(=O)C(F)F. The summed E-state index contributed by atoms with van der Waals surface area (Å²) >= 11 is 0. The van der Waals surface area contributed by atoms with Crippen molar-refractivity contribution >= 4 is 5.97 Å². The summed E-state index contributed by atoms with van der Waals surface area (Å²) in [5.41, 5.74) is 0. The molecule has 0 aliphatic heterocycles. The Bertz CT molecular complexity index is 226. The van der Waals surface area contributed by atoms with Crippen LogP contribution in [0.25, 0.3) is 0 Å². The quantitative estimate of drug-likeness (QED) is 0.431. The van der Waals surface area contributed by atoms with Crippen molar-refractivity contribution in [3.05, 3.63) is 0 Å². The van der Waals surface area contributed by atoms with Crippen molar-refractivity contribution in [1.82, 2.24) is 0 Å². The summed E-state index contributed by atoms with van der Waals surface area (Å²) < 4.78 is 44.7. The molecular weight excluding hydrogens is 262 g/mol. The highest BCUT2D eigenvalue weighted by atomic mass is 19.3. The lowest BCUT2D eigenvalue weighted by atomic mass is 10.5. The molecule has 0 saturated heterocycles. The molecule has 0 fully saturated rings. The van der Waals surface area contributed by atoms with E-state index in [1.54, 1.807) is 0 Å². The maximum Gasteiger partial charge on any atom is 0.463 e. The maximum absolute atomic E-state index is 12.3. The molecule has 0 unspecified atom stereocenters. The van der Waals surface area contributed by atoms with Gasteiger partial charge >= 0.3 is 18.6 Å². The summed E-state index contributed by atoms with van der Waals surface area (Å²) in [7, 11) is 0. The van der Waals surface area contributed by atoms with Crippen LogP contribution in [0.15, 0.2) is 0 Å². The van der Waals surface area contributed by atoms with Crippen molar-refractivity contribution in [3.63, 3.8) is 0 Å². The summed E-state index contributed by atoms with van der Waals surface area (Å²) in [5, 5.41) is 0. The van der Waals surface area contributed by atoms with Crippen LogP contribution in [0.1, 0.15) is 40.0 Å². The van der Waals surface area contributed by atoms with Crippen molar-refractivity contribution in [2.45, 2.75) is 52.6 Å². The van der Waals surface area contributed by atoms with Crippen LogP contribution in [0.5, 0.6) is 0 Å². The van der Waals surface area contributed by atoms with Crippen molar-refractivity contribution in [1.29, 1.82) is 0 Å². The zero-order valence-corrected chi connectivity index (χ0v) is 11.6. The summed E-state index contributed by atoms with van der Waals surface area (Å²) in [6, 6.07) is 0. The fourth-order valence-corrected chi connectivity index (χ4v) is 1.06. The van der Waals surface area contributed by atoms with Crippen molar-refractivity contribution in [3.8, 4) is 0 Å². The van der Waals surface area contributed by atoms with Gasteiger partial charge in [-0.1, -0.05) is 20.8 Å². The van der Waals surface area contributed by atoms with Gasteiger partial charge in [-0.3, -0.25) is 14.2 Å². The molecule has 0 saturated carbocycles. The van der Waals surface area contributed by atoms with E-state index in [0.29, 0.717) is 19.3 Å². The molecule has 0 aromatic rings. The zero-order valence-electron chi connectivity index (χ0n) is 11.6. The topological polar surface area (TPSA) is 54.0 Å². The van der Waals surface area contributed by atoms with Crippen molar-refractivity contribution < 1.29 is 32.5 Å². The first kappa shape index (κ1) is 18.2. The van der Waals surface area contributed by atoms with Gasteiger partial charge in [0.25, 0.3) is 0 Å². The Labute approximate surface area is 112 Å². The third kappa shape index (κ3) is 7.39. The molecule has 0 radical (unpaired) electrons. The first-order valence-electron chi connectivity index (χ1n) is 6.44. The lowest BCUT2D eigenvalue weighted by Crippen LogP contribution is -2.45. The molecule has 19 heavy (non-hydrogen) atoms. The molecule has 0 atom stereocenters. The predicted molar refractivity (Wildman–Crippen MR) is 63.6 cm³/mol. The summed E-state index contributed by atoms with van der Waals surface area (Å²) in [6.45, 7) is 5.93. The van der Waals surface area contributed by atoms with Gasteiger partial charge in [0, 0.05) is 0 Å². The Morgan fingerprint density at radius 1 is 0.947 bits per heavy atom. The lowest BCUT2D eigenvalue weighted by molar-refractivity contribution is -0.484. The lowest BCUT2D eigenvalue weighted by Gasteiger charge is -2.31. The second kappa shape index (κ2) is 10.1. The van der Waals surface area contributed by atoms with Gasteiger partial charge < -0.3 is 4.74 Å². The fraction of sp³-hybridized carbons (Fsp3) is 0.917. The largest absolute Gasteiger partial charge is 0.463 e. The second-order valence-corrected chi connectivity index (χ2v) is 3.77. The van der Waals surface area contributed by atoms with E-state index in [4.69, 9.17) is 14.2 Å². The molecule has 7 heteroatoms. The molecule has 0 amide bonds. The van der Waals surface area contributed by atoms with Crippen LogP contribution in [0.4, 0.5) is 8.78 Å². The molecule has 5 nitrogen and oxygen atoms in total. The molecule has 0 rings (SSSR count). The minimum atomic E-state index is -3.26. The zero-order chi connectivity index (χ0) is 14.7. The highest BCUT2D eigenvalue weighted by Crippen LogP contribution is 2.21. The molecule has 0 aromatic heterocycles. The summed E-state index contributed by atoms with van der Waals surface area (Å²) in [6.07, 6.45) is -3.65. The molecule has 114 valence electrons. The summed E-state index contributed by atoms with van der Waals surface area (Å²) in [4.78, 5) is 11.0. The Hall–Kier alpha value is -0.790. The normalized spacial score (nSPS) is 11.9. The van der Waals surface area contributed by atoms with E-state index in [2.05, 4.69) is 4.74 Å². The van der Waals surface area contributed by atoms with Crippen molar-refractivity contribution in [2.24, 2.45) is 0 Å². The number of ether oxygens (including phenoxy) is 4. The van der Waals surface area contributed by atoms with E-state index < -0.39 is 18.6 Å². The van der Waals surface area contributed by atoms with E-state index in [-0.39, 0.29) is 19.8 Å². The van der Waals surface area contributed by atoms with Crippen LogP contribution >= 0.6 is 0 Å². The number of carbonyl (C=O) groups is 1. The van der Waals surface area contributed by atoms with Crippen LogP contribution in [0.2, 0.25) is 0 Å². The number of esters is 1. The summed E-state index contributed by atoms with van der Waals surface area (Å²) in [5.74, 6) is -1.73. The highest BCUT2D eigenvalue weighted by Gasteiger charge is 2.41. The molecule has 0 aliphatic carbocycles. The highest BCUT2D eigenvalue weighted by molar-refractivity contribution is 5.72. The number of hydrogen-bond donors (Lipinski definition) is 0. The molecule has 0 aromatic carbocycles. The second-order valence-electron chi connectivity index (χ2n) is 3.77. The van der Waals surface area contributed by atoms with E-state index in [1.807, 2.05) is 20.8 Å². The Kier molecular flexibility index (Phi) is 9.63. The van der Waals surface area contributed by atoms with Gasteiger partial charge in [0.15, 0.2) is 0 Å². The number of rotatable bonds is 11. The van der Waals surface area contributed by atoms with Gasteiger partial charge in [-0.05, 0) is 19.3 Å². The standard InChI is InChI=1S/C12H22F2O5/c1-4-7-16-12(17-8-5-2,18-9-6-3)19-11(15)10(13)14/h10H,4-9H2,1-3H3. The third-order valence-electron chi connectivity index (χ3n) is 1.85. The van der Waals surface area contributed by atoms with Gasteiger partial charge in [-0.25, -0.2) is 4.79 Å². The maximum atomic E-state index is 12.3. The van der Waals surface area contributed by atoms with Crippen molar-refractivity contribution in [2.75, 3.05) is 19.8 Å². The monoisotopic (exact) mass is 284 g/mol. The molecule has 0 aliphatic rings. The smallest absolute Gasteiger partial charge is 0.380 e. The average Bonchev–Trinajstić information content (AvgIpc) is 2.40. The Morgan fingerprint density at radius 2 is 1.32 bits per heavy atom. The predicted octanol–water partition coefficient (Wildman–Crippen LogP) is 2.69. The van der Waals surface area contributed by atoms with Gasteiger partial charge in [0.1, 0.15) is 0 Å². The Morgan fingerprint density at radius 3 is 1.58 bits per heavy atom. The first-order chi connectivity index (χ1) is 9.01. The average molecular weight is 284 g/mol. The molecule has 0 N–H and O–H groups in total. The van der Waals surface area contributed by atoms with Gasteiger partial charge in [-0.2, -0.15) is 8.78 Å². The third-order valence-corrected chi connectivity index (χ3v) is 1.85. The number of carbonyl (C=O) groups excluding carboxylic acids is 1. The Balaban J connectivity index is 4.80. The van der Waals surface area contributed by atoms with Gasteiger partial charge in [0.2, 0.25) is 0 Å². The van der Waals surface area contributed by atoms with Gasteiger partial charge in [0.05, 0.1) is 19.8 Å². The van der Waals surface area contributed by atoms with Crippen LogP contribution < -0.4 is 0 Å². The molecule has 0 spiro atoms. The van der Waals surface area contributed by atoms with E-state index in [9.17, 15) is 13.6 Å². The van der Waals surface area contributed by atoms with Crippen LogP contribution in [-0.2, 0) is 23.7 Å². The van der Waals surface area contributed by atoms with Crippen LogP contribution in [-0.4, -0.2) is 38.4 Å². The molecule has 0 bridgehead atoms. The van der Waals surface area contributed by atoms with Crippen LogP contribution in [0.3, 0.4) is 0 Å². The van der Waals surface area contributed by atoms with Gasteiger partial charge in [-0.15, -0.1) is 0 Å². The van der Waals surface area contributed by atoms with E-state index >= 15 is 0 Å². The van der Waals surface area contributed by atoms with Crippen LogP contribution in [0, 0.1) is 0 Å². The first-order valence-corrected chi connectivity index (χ1v) is 6.44. The number of hydrogen-bond acceptors (Lipinski definition) is 5. The van der Waals surface area contributed by atoms with E-state index in [1.165, 1.54) is 0 Å². The number of halogens is 2. The minimum Gasteiger partial charge on any atom is -0.380 e. The fourth-order valence-electron chi connectivity index (χ4n) is 1.06. The van der Waals surface area contributed by atoms with E-state index in [0.717, 1.165) is 0 Å². The molecule has 0 heterocycles. The minimum absolute atomic E-state index is 0.157.